The van der Waals surface area contributed by atoms with Crippen LogP contribution in [0.5, 0.6) is 0 Å². The van der Waals surface area contributed by atoms with Crippen LogP contribution in [0.3, 0.4) is 0 Å². The number of carboxylic acid groups (broad SMARTS) is 1. The maximum Gasteiger partial charge on any atom is 0.320 e. The van der Waals surface area contributed by atoms with Gasteiger partial charge in [0.2, 0.25) is 0 Å². The molecule has 0 heterocycles. The van der Waals surface area contributed by atoms with E-state index in [0.29, 0.717) is 6.54 Å². The Morgan fingerprint density at radius 2 is 1.90 bits per heavy atom. The zero-order chi connectivity index (χ0) is 14.5. The highest BCUT2D eigenvalue weighted by Crippen LogP contribution is 2.16. The topological polar surface area (TPSA) is 49.3 Å². The average molecular weight is 271 g/mol. The number of benzene rings is 2. The van der Waals surface area contributed by atoms with Gasteiger partial charge < -0.3 is 10.4 Å². The van der Waals surface area contributed by atoms with Crippen molar-refractivity contribution in [3.8, 4) is 0 Å². The van der Waals surface area contributed by atoms with Crippen LogP contribution in [-0.2, 0) is 11.3 Å². The summed E-state index contributed by atoms with van der Waals surface area (Å²) in [6.45, 7) is 4.55. The second-order valence-electron chi connectivity index (χ2n) is 5.26. The van der Waals surface area contributed by atoms with Crippen LogP contribution in [0, 0.1) is 5.92 Å². The van der Waals surface area contributed by atoms with Gasteiger partial charge in [0.15, 0.2) is 0 Å². The third-order valence-corrected chi connectivity index (χ3v) is 3.82. The van der Waals surface area contributed by atoms with Crippen LogP contribution in [-0.4, -0.2) is 17.1 Å². The van der Waals surface area contributed by atoms with Gasteiger partial charge in [-0.3, -0.25) is 4.79 Å². The van der Waals surface area contributed by atoms with E-state index < -0.39 is 12.0 Å². The molecule has 0 aliphatic carbocycles. The van der Waals surface area contributed by atoms with Crippen LogP contribution >= 0.6 is 0 Å². The summed E-state index contributed by atoms with van der Waals surface area (Å²) in [4.78, 5) is 11.3. The van der Waals surface area contributed by atoms with Crippen molar-refractivity contribution in [2.45, 2.75) is 32.9 Å². The molecule has 0 aromatic heterocycles. The Balaban J connectivity index is 2.09. The molecule has 2 aromatic rings. The molecule has 0 aliphatic heterocycles. The van der Waals surface area contributed by atoms with E-state index in [1.165, 1.54) is 10.8 Å². The number of hydrogen-bond acceptors (Lipinski definition) is 2. The summed E-state index contributed by atoms with van der Waals surface area (Å²) in [5.41, 5.74) is 1.11. The van der Waals surface area contributed by atoms with E-state index in [1.54, 1.807) is 0 Å². The number of aliphatic carboxylic acids is 1. The lowest BCUT2D eigenvalue weighted by Crippen LogP contribution is -2.41. The van der Waals surface area contributed by atoms with E-state index in [4.69, 9.17) is 0 Å². The summed E-state index contributed by atoms with van der Waals surface area (Å²) in [7, 11) is 0. The van der Waals surface area contributed by atoms with Gasteiger partial charge in [0.05, 0.1) is 0 Å². The normalized spacial score (nSPS) is 14.1. The van der Waals surface area contributed by atoms with Gasteiger partial charge in [-0.25, -0.2) is 0 Å². The maximum atomic E-state index is 11.3. The fourth-order valence-corrected chi connectivity index (χ4v) is 2.34. The Kier molecular flexibility index (Phi) is 4.74. The second kappa shape index (κ2) is 6.53. The quantitative estimate of drug-likeness (QED) is 0.846. The number of fused-ring (bicyclic) bond motifs is 1. The Labute approximate surface area is 119 Å². The first-order valence-corrected chi connectivity index (χ1v) is 7.05. The van der Waals surface area contributed by atoms with Gasteiger partial charge in [0.25, 0.3) is 0 Å². The lowest BCUT2D eigenvalue weighted by Gasteiger charge is -2.20. The fourth-order valence-electron chi connectivity index (χ4n) is 2.34. The molecule has 0 spiro atoms. The van der Waals surface area contributed by atoms with E-state index in [0.717, 1.165) is 12.0 Å². The van der Waals surface area contributed by atoms with Crippen LogP contribution in [0.2, 0.25) is 0 Å². The molecule has 0 fully saturated rings. The lowest BCUT2D eigenvalue weighted by molar-refractivity contribution is -0.140. The van der Waals surface area contributed by atoms with E-state index in [9.17, 15) is 9.90 Å². The molecule has 0 radical (unpaired) electrons. The third-order valence-electron chi connectivity index (χ3n) is 3.82. The Bertz CT molecular complexity index is 594. The van der Waals surface area contributed by atoms with Crippen molar-refractivity contribution >= 4 is 16.7 Å². The minimum Gasteiger partial charge on any atom is -0.480 e. The summed E-state index contributed by atoms with van der Waals surface area (Å²) < 4.78 is 0. The van der Waals surface area contributed by atoms with Crippen molar-refractivity contribution in [2.24, 2.45) is 5.92 Å². The number of rotatable bonds is 6. The van der Waals surface area contributed by atoms with Crippen LogP contribution in [0.25, 0.3) is 10.8 Å². The largest absolute Gasteiger partial charge is 0.480 e. The van der Waals surface area contributed by atoms with Gasteiger partial charge in [-0.1, -0.05) is 56.7 Å². The van der Waals surface area contributed by atoms with E-state index in [2.05, 4.69) is 29.6 Å². The Morgan fingerprint density at radius 1 is 1.20 bits per heavy atom. The van der Waals surface area contributed by atoms with E-state index >= 15 is 0 Å². The first-order valence-electron chi connectivity index (χ1n) is 7.05. The molecule has 0 bridgehead atoms. The van der Waals surface area contributed by atoms with Crippen LogP contribution in [0.1, 0.15) is 25.8 Å². The zero-order valence-electron chi connectivity index (χ0n) is 12.0. The molecule has 0 aliphatic rings. The molecule has 2 rings (SSSR count). The smallest absolute Gasteiger partial charge is 0.320 e. The second-order valence-corrected chi connectivity index (χ2v) is 5.26. The van der Waals surface area contributed by atoms with Crippen molar-refractivity contribution in [3.05, 3.63) is 48.0 Å². The molecular formula is C17H21NO2. The van der Waals surface area contributed by atoms with Gasteiger partial charge in [-0.15, -0.1) is 0 Å². The van der Waals surface area contributed by atoms with Gasteiger partial charge in [-0.2, -0.15) is 0 Å². The predicted octanol–water partition coefficient (Wildman–Crippen LogP) is 3.43. The Hall–Kier alpha value is -1.87. The van der Waals surface area contributed by atoms with Crippen LogP contribution in [0.4, 0.5) is 0 Å². The van der Waals surface area contributed by atoms with Crippen molar-refractivity contribution in [3.63, 3.8) is 0 Å². The van der Waals surface area contributed by atoms with Crippen molar-refractivity contribution in [2.75, 3.05) is 0 Å². The van der Waals surface area contributed by atoms with Crippen LogP contribution in [0.15, 0.2) is 42.5 Å². The molecule has 3 heteroatoms. The van der Waals surface area contributed by atoms with E-state index in [-0.39, 0.29) is 5.92 Å². The summed E-state index contributed by atoms with van der Waals surface area (Å²) >= 11 is 0. The predicted molar refractivity (Wildman–Crippen MR) is 81.7 cm³/mol. The van der Waals surface area contributed by atoms with Gasteiger partial charge >= 0.3 is 5.97 Å². The first kappa shape index (κ1) is 14.5. The molecule has 0 saturated carbocycles. The monoisotopic (exact) mass is 271 g/mol. The number of carboxylic acids is 1. The minimum absolute atomic E-state index is 0.118. The van der Waals surface area contributed by atoms with Gasteiger partial charge in [0.1, 0.15) is 6.04 Å². The summed E-state index contributed by atoms with van der Waals surface area (Å²) in [6, 6.07) is 13.9. The third kappa shape index (κ3) is 3.36. The summed E-state index contributed by atoms with van der Waals surface area (Å²) in [6.07, 6.45) is 0.849. The Morgan fingerprint density at radius 3 is 2.55 bits per heavy atom. The first-order chi connectivity index (χ1) is 9.61. The summed E-state index contributed by atoms with van der Waals surface area (Å²) in [5, 5.41) is 14.8. The van der Waals surface area contributed by atoms with Crippen molar-refractivity contribution < 1.29 is 9.90 Å². The molecule has 0 amide bonds. The molecular weight excluding hydrogens is 250 g/mol. The molecule has 2 N–H and O–H groups in total. The molecule has 0 saturated heterocycles. The van der Waals surface area contributed by atoms with Gasteiger partial charge in [0, 0.05) is 6.54 Å². The fraction of sp³-hybridized carbons (Fsp3) is 0.353. The molecule has 20 heavy (non-hydrogen) atoms. The highest BCUT2D eigenvalue weighted by Gasteiger charge is 2.22. The SMILES string of the molecule is CC[C@H](C)[C@H](NCc1ccc2ccccc2c1)C(=O)O. The summed E-state index contributed by atoms with van der Waals surface area (Å²) in [5.74, 6) is -0.659. The molecule has 106 valence electrons. The lowest BCUT2D eigenvalue weighted by atomic mass is 9.99. The molecule has 2 atom stereocenters. The van der Waals surface area contributed by atoms with Gasteiger partial charge in [-0.05, 0) is 28.3 Å². The molecule has 0 unspecified atom stereocenters. The highest BCUT2D eigenvalue weighted by molar-refractivity contribution is 5.83. The maximum absolute atomic E-state index is 11.3. The average Bonchev–Trinajstić information content (AvgIpc) is 2.46. The molecule has 2 aromatic carbocycles. The molecule has 3 nitrogen and oxygen atoms in total. The highest BCUT2D eigenvalue weighted by atomic mass is 16.4. The van der Waals surface area contributed by atoms with Crippen molar-refractivity contribution in [1.82, 2.24) is 5.32 Å². The number of hydrogen-bond donors (Lipinski definition) is 2. The minimum atomic E-state index is -0.778. The van der Waals surface area contributed by atoms with E-state index in [1.807, 2.05) is 32.0 Å². The zero-order valence-corrected chi connectivity index (χ0v) is 12.0. The standard InChI is InChI=1S/C17H21NO2/c1-3-12(2)16(17(19)20)18-11-13-8-9-14-6-4-5-7-15(14)10-13/h4-10,12,16,18H,3,11H2,1-2H3,(H,19,20)/t12-,16-/m0/s1. The number of nitrogens with one attached hydrogen (secondary N) is 1. The number of carbonyl (C=O) groups is 1. The van der Waals surface area contributed by atoms with Crippen LogP contribution < -0.4 is 5.32 Å². The van der Waals surface area contributed by atoms with Crippen molar-refractivity contribution in [1.29, 1.82) is 0 Å².